The zero-order chi connectivity index (χ0) is 10.5. The number of aromatic nitrogens is 1. The third-order valence-corrected chi connectivity index (χ3v) is 1.23. The van der Waals surface area contributed by atoms with Crippen molar-refractivity contribution in [2.24, 2.45) is 0 Å². The van der Waals surface area contributed by atoms with Crippen molar-refractivity contribution >= 4 is 0 Å². The Balaban J connectivity index is 0.000000206. The Morgan fingerprint density at radius 2 is 0.786 bits per heavy atom. The predicted molar refractivity (Wildman–Crippen MR) is 61.9 cm³/mol. The van der Waals surface area contributed by atoms with Crippen molar-refractivity contribution in [1.82, 2.24) is 4.98 Å². The first-order chi connectivity index (χ1) is 7.00. The van der Waals surface area contributed by atoms with Gasteiger partial charge in [-0.2, -0.15) is 0 Å². The minimum absolute atomic E-state index is 1.75. The molecule has 72 valence electrons. The van der Waals surface area contributed by atoms with E-state index in [-0.39, 0.29) is 0 Å². The summed E-state index contributed by atoms with van der Waals surface area (Å²) in [5.41, 5.74) is 0. The second kappa shape index (κ2) is 11.1. The van der Waals surface area contributed by atoms with Crippen LogP contribution < -0.4 is 0 Å². The molecule has 0 bridgehead atoms. The first-order valence-corrected chi connectivity index (χ1v) is 4.35. The zero-order valence-electron chi connectivity index (χ0n) is 8.21. The van der Waals surface area contributed by atoms with E-state index in [1.807, 2.05) is 54.6 Å². The van der Waals surface area contributed by atoms with E-state index in [1.165, 1.54) is 0 Å². The molecule has 2 rings (SSSR count). The molecule has 1 aromatic heterocycles. The lowest BCUT2D eigenvalue weighted by Crippen LogP contribution is -1.58. The summed E-state index contributed by atoms with van der Waals surface area (Å²) in [6.45, 7) is 6.00. The summed E-state index contributed by atoms with van der Waals surface area (Å²) in [5, 5.41) is 0. The van der Waals surface area contributed by atoms with Crippen LogP contribution in [0, 0.1) is 0 Å². The summed E-state index contributed by atoms with van der Waals surface area (Å²) in [5.74, 6) is 0. The monoisotopic (exact) mass is 185 g/mol. The van der Waals surface area contributed by atoms with Crippen molar-refractivity contribution in [3.8, 4) is 0 Å². The van der Waals surface area contributed by atoms with Crippen LogP contribution in [0.4, 0.5) is 0 Å². The van der Waals surface area contributed by atoms with Gasteiger partial charge in [0.15, 0.2) is 0 Å². The number of pyridine rings is 1. The molecule has 1 heteroatoms. The molecule has 2 aromatic rings. The van der Waals surface area contributed by atoms with Gasteiger partial charge in [-0.1, -0.05) is 42.5 Å². The van der Waals surface area contributed by atoms with Crippen molar-refractivity contribution in [1.29, 1.82) is 0 Å². The van der Waals surface area contributed by atoms with Gasteiger partial charge in [0.05, 0.1) is 0 Å². The van der Waals surface area contributed by atoms with Crippen molar-refractivity contribution in [2.45, 2.75) is 0 Å². The van der Waals surface area contributed by atoms with E-state index in [0.717, 1.165) is 0 Å². The molecular weight excluding hydrogens is 170 g/mol. The van der Waals surface area contributed by atoms with Crippen LogP contribution in [-0.2, 0) is 0 Å². The number of benzene rings is 1. The molecule has 0 aliphatic carbocycles. The summed E-state index contributed by atoms with van der Waals surface area (Å²) >= 11 is 0. The molecule has 0 atom stereocenters. The Kier molecular flexibility index (Phi) is 9.61. The van der Waals surface area contributed by atoms with Crippen molar-refractivity contribution in [3.63, 3.8) is 0 Å². The molecule has 1 nitrogen and oxygen atoms in total. The fourth-order valence-electron chi connectivity index (χ4n) is 0.698. The molecule has 0 spiro atoms. The van der Waals surface area contributed by atoms with E-state index in [2.05, 4.69) is 18.1 Å². The normalized spacial score (nSPS) is 7.14. The van der Waals surface area contributed by atoms with Crippen molar-refractivity contribution in [2.75, 3.05) is 0 Å². The molecule has 0 saturated heterocycles. The third kappa shape index (κ3) is 8.21. The summed E-state index contributed by atoms with van der Waals surface area (Å²) in [7, 11) is 0. The average molecular weight is 185 g/mol. The van der Waals surface area contributed by atoms with Gasteiger partial charge in [-0.15, -0.1) is 13.2 Å². The summed E-state index contributed by atoms with van der Waals surface area (Å²) < 4.78 is 0. The number of nitrogens with zero attached hydrogens (tertiary/aromatic N) is 1. The van der Waals surface area contributed by atoms with Gasteiger partial charge < -0.3 is 0 Å². The third-order valence-electron chi connectivity index (χ3n) is 1.23. The second-order valence-electron chi connectivity index (χ2n) is 2.18. The van der Waals surface area contributed by atoms with Gasteiger partial charge in [0, 0.05) is 12.4 Å². The van der Waals surface area contributed by atoms with E-state index in [4.69, 9.17) is 0 Å². The van der Waals surface area contributed by atoms with E-state index in [0.29, 0.717) is 0 Å². The maximum Gasteiger partial charge on any atom is 0.0267 e. The first-order valence-electron chi connectivity index (χ1n) is 4.35. The Morgan fingerprint density at radius 1 is 0.500 bits per heavy atom. The maximum absolute atomic E-state index is 3.78. The summed E-state index contributed by atoms with van der Waals surface area (Å²) in [4.78, 5) is 3.78. The van der Waals surface area contributed by atoms with Gasteiger partial charge in [0.2, 0.25) is 0 Å². The molecule has 0 unspecified atom stereocenters. The second-order valence-corrected chi connectivity index (χ2v) is 2.18. The number of hydrogen-bond donors (Lipinski definition) is 0. The average Bonchev–Trinajstić information content (AvgIpc) is 2.37. The molecule has 1 heterocycles. The lowest BCUT2D eigenvalue weighted by Gasteiger charge is -1.70. The molecule has 0 saturated carbocycles. The van der Waals surface area contributed by atoms with Crippen LogP contribution in [0.5, 0.6) is 0 Å². The van der Waals surface area contributed by atoms with Crippen molar-refractivity contribution in [3.05, 3.63) is 80.1 Å². The van der Waals surface area contributed by atoms with Crippen LogP contribution >= 0.6 is 0 Å². The molecule has 14 heavy (non-hydrogen) atoms. The Hall–Kier alpha value is -1.89. The Bertz CT molecular complexity index is 194. The highest BCUT2D eigenvalue weighted by Crippen LogP contribution is 1.79. The standard InChI is InChI=1S/C6H6.C5H5N.C2H4/c2*1-2-4-6-5-3-1;1-2/h1-6H;1-5H;1-2H2. The fourth-order valence-corrected chi connectivity index (χ4v) is 0.698. The molecule has 0 amide bonds. The van der Waals surface area contributed by atoms with Gasteiger partial charge in [-0.3, -0.25) is 4.98 Å². The van der Waals surface area contributed by atoms with E-state index in [1.54, 1.807) is 12.4 Å². The van der Waals surface area contributed by atoms with Gasteiger partial charge in [0.1, 0.15) is 0 Å². The van der Waals surface area contributed by atoms with Gasteiger partial charge >= 0.3 is 0 Å². The minimum atomic E-state index is 1.75. The van der Waals surface area contributed by atoms with Gasteiger partial charge in [-0.05, 0) is 12.1 Å². The van der Waals surface area contributed by atoms with Crippen LogP contribution in [0.3, 0.4) is 0 Å². The highest BCUT2D eigenvalue weighted by atomic mass is 14.6. The smallest absolute Gasteiger partial charge is 0.0267 e. The van der Waals surface area contributed by atoms with Crippen LogP contribution in [0.25, 0.3) is 0 Å². The van der Waals surface area contributed by atoms with Crippen LogP contribution in [0.1, 0.15) is 0 Å². The highest BCUT2D eigenvalue weighted by molar-refractivity contribution is 4.99. The number of hydrogen-bond acceptors (Lipinski definition) is 1. The molecule has 0 radical (unpaired) electrons. The fraction of sp³-hybridized carbons (Fsp3) is 0. The van der Waals surface area contributed by atoms with E-state index < -0.39 is 0 Å². The Morgan fingerprint density at radius 3 is 0.929 bits per heavy atom. The minimum Gasteiger partial charge on any atom is -0.265 e. The maximum atomic E-state index is 3.78. The van der Waals surface area contributed by atoms with Crippen LogP contribution in [-0.4, -0.2) is 4.98 Å². The lowest BCUT2D eigenvalue weighted by molar-refractivity contribution is 1.33. The van der Waals surface area contributed by atoms with Gasteiger partial charge in [-0.25, -0.2) is 0 Å². The highest BCUT2D eigenvalue weighted by Gasteiger charge is 1.58. The topological polar surface area (TPSA) is 12.9 Å². The largest absolute Gasteiger partial charge is 0.265 e. The van der Waals surface area contributed by atoms with Gasteiger partial charge in [0.25, 0.3) is 0 Å². The van der Waals surface area contributed by atoms with Crippen LogP contribution in [0.2, 0.25) is 0 Å². The molecule has 1 aromatic carbocycles. The van der Waals surface area contributed by atoms with E-state index in [9.17, 15) is 0 Å². The first kappa shape index (κ1) is 12.1. The number of rotatable bonds is 0. The van der Waals surface area contributed by atoms with Crippen LogP contribution in [0.15, 0.2) is 80.1 Å². The Labute approximate surface area is 85.8 Å². The zero-order valence-corrected chi connectivity index (χ0v) is 8.21. The molecule has 0 N–H and O–H groups in total. The van der Waals surface area contributed by atoms with E-state index >= 15 is 0 Å². The quantitative estimate of drug-likeness (QED) is 0.572. The molecular formula is C13H15N. The molecule has 0 fully saturated rings. The summed E-state index contributed by atoms with van der Waals surface area (Å²) in [6, 6.07) is 17.7. The molecule has 0 aliphatic rings. The summed E-state index contributed by atoms with van der Waals surface area (Å²) in [6.07, 6.45) is 3.50. The lowest BCUT2D eigenvalue weighted by atomic mass is 10.4. The molecule has 0 aliphatic heterocycles. The van der Waals surface area contributed by atoms with Crippen molar-refractivity contribution < 1.29 is 0 Å². The SMILES string of the molecule is C=C.c1ccccc1.c1ccncc1. The predicted octanol–water partition coefficient (Wildman–Crippen LogP) is 3.57.